The standard InChI is InChI=1S/C14H13ClO2/c1-17-9-11-3-2-4-13(16)14(11)10-5-7-12(15)8-6-10/h2-8,16H,9H2,1H3. The minimum Gasteiger partial charge on any atom is -0.507 e. The molecule has 0 spiro atoms. The zero-order valence-electron chi connectivity index (χ0n) is 9.48. The van der Waals surface area contributed by atoms with Crippen molar-refractivity contribution in [3.8, 4) is 16.9 Å². The molecule has 3 heteroatoms. The molecule has 0 unspecified atom stereocenters. The van der Waals surface area contributed by atoms with Crippen molar-refractivity contribution in [2.24, 2.45) is 0 Å². The predicted octanol–water partition coefficient (Wildman–Crippen LogP) is 3.86. The summed E-state index contributed by atoms with van der Waals surface area (Å²) in [6, 6.07) is 12.8. The molecule has 0 amide bonds. The molecule has 1 N–H and O–H groups in total. The van der Waals surface area contributed by atoms with Crippen molar-refractivity contribution >= 4 is 11.6 Å². The van der Waals surface area contributed by atoms with Crippen molar-refractivity contribution in [1.29, 1.82) is 0 Å². The molecule has 0 aromatic heterocycles. The second-order valence-electron chi connectivity index (χ2n) is 3.75. The van der Waals surface area contributed by atoms with Gasteiger partial charge in [-0.05, 0) is 29.3 Å². The van der Waals surface area contributed by atoms with Gasteiger partial charge in [0.1, 0.15) is 5.75 Å². The molecule has 0 radical (unpaired) electrons. The van der Waals surface area contributed by atoms with E-state index in [2.05, 4.69) is 0 Å². The minimum absolute atomic E-state index is 0.252. The van der Waals surface area contributed by atoms with E-state index in [0.717, 1.165) is 16.7 Å². The molecule has 2 aromatic rings. The molecular weight excluding hydrogens is 236 g/mol. The Kier molecular flexibility index (Phi) is 3.67. The molecule has 2 rings (SSSR count). The quantitative estimate of drug-likeness (QED) is 0.894. The van der Waals surface area contributed by atoms with Gasteiger partial charge in [0.05, 0.1) is 6.61 Å². The van der Waals surface area contributed by atoms with Crippen molar-refractivity contribution in [2.75, 3.05) is 7.11 Å². The lowest BCUT2D eigenvalue weighted by Gasteiger charge is -2.11. The van der Waals surface area contributed by atoms with Gasteiger partial charge in [0, 0.05) is 17.7 Å². The van der Waals surface area contributed by atoms with E-state index < -0.39 is 0 Å². The highest BCUT2D eigenvalue weighted by atomic mass is 35.5. The number of phenols is 1. The van der Waals surface area contributed by atoms with E-state index in [9.17, 15) is 5.11 Å². The molecule has 0 bridgehead atoms. The summed E-state index contributed by atoms with van der Waals surface area (Å²) in [5.74, 6) is 0.252. The summed E-state index contributed by atoms with van der Waals surface area (Å²) in [5, 5.41) is 10.6. The number of halogens is 1. The van der Waals surface area contributed by atoms with E-state index in [-0.39, 0.29) is 5.75 Å². The SMILES string of the molecule is COCc1cccc(O)c1-c1ccc(Cl)cc1. The average Bonchev–Trinajstić information content (AvgIpc) is 2.32. The summed E-state index contributed by atoms with van der Waals surface area (Å²) < 4.78 is 5.13. The van der Waals surface area contributed by atoms with E-state index in [1.807, 2.05) is 24.3 Å². The molecule has 0 atom stereocenters. The summed E-state index contributed by atoms with van der Waals surface area (Å²) in [6.45, 7) is 0.465. The van der Waals surface area contributed by atoms with Gasteiger partial charge in [-0.15, -0.1) is 0 Å². The first-order valence-electron chi connectivity index (χ1n) is 5.28. The first-order chi connectivity index (χ1) is 8.22. The highest BCUT2D eigenvalue weighted by molar-refractivity contribution is 6.30. The second kappa shape index (κ2) is 5.21. The monoisotopic (exact) mass is 248 g/mol. The molecule has 0 aliphatic carbocycles. The van der Waals surface area contributed by atoms with Crippen LogP contribution in [0.25, 0.3) is 11.1 Å². The molecule has 0 aliphatic rings. The van der Waals surface area contributed by atoms with Crippen molar-refractivity contribution in [3.63, 3.8) is 0 Å². The largest absolute Gasteiger partial charge is 0.507 e. The zero-order chi connectivity index (χ0) is 12.3. The fourth-order valence-corrected chi connectivity index (χ4v) is 1.94. The maximum absolute atomic E-state index is 9.95. The van der Waals surface area contributed by atoms with Gasteiger partial charge in [0.2, 0.25) is 0 Å². The molecule has 17 heavy (non-hydrogen) atoms. The lowest BCUT2D eigenvalue weighted by Crippen LogP contribution is -1.92. The Labute approximate surface area is 105 Å². The normalized spacial score (nSPS) is 10.5. The summed E-state index contributed by atoms with van der Waals surface area (Å²) in [6.07, 6.45) is 0. The lowest BCUT2D eigenvalue weighted by atomic mass is 9.99. The van der Waals surface area contributed by atoms with Gasteiger partial charge in [-0.3, -0.25) is 0 Å². The van der Waals surface area contributed by atoms with Crippen LogP contribution in [0.3, 0.4) is 0 Å². The van der Waals surface area contributed by atoms with Gasteiger partial charge < -0.3 is 9.84 Å². The van der Waals surface area contributed by atoms with E-state index in [4.69, 9.17) is 16.3 Å². The van der Waals surface area contributed by atoms with E-state index in [1.165, 1.54) is 0 Å². The maximum atomic E-state index is 9.95. The number of rotatable bonds is 3. The molecule has 0 aliphatic heterocycles. The molecule has 2 nitrogen and oxygen atoms in total. The number of hydrogen-bond acceptors (Lipinski definition) is 2. The number of methoxy groups -OCH3 is 1. The highest BCUT2D eigenvalue weighted by Crippen LogP contribution is 2.33. The molecule has 88 valence electrons. The Bertz CT molecular complexity index is 506. The van der Waals surface area contributed by atoms with E-state index in [1.54, 1.807) is 25.3 Å². The van der Waals surface area contributed by atoms with Gasteiger partial charge in [-0.2, -0.15) is 0 Å². The Hall–Kier alpha value is -1.51. The van der Waals surface area contributed by atoms with E-state index >= 15 is 0 Å². The number of benzene rings is 2. The van der Waals surface area contributed by atoms with Crippen LogP contribution in [0.4, 0.5) is 0 Å². The Morgan fingerprint density at radius 3 is 2.47 bits per heavy atom. The van der Waals surface area contributed by atoms with Crippen LogP contribution in [-0.4, -0.2) is 12.2 Å². The molecule has 0 fully saturated rings. The van der Waals surface area contributed by atoms with Crippen LogP contribution in [0.15, 0.2) is 42.5 Å². The Morgan fingerprint density at radius 2 is 1.82 bits per heavy atom. The third kappa shape index (κ3) is 2.60. The van der Waals surface area contributed by atoms with Crippen molar-refractivity contribution in [3.05, 3.63) is 53.1 Å². The summed E-state index contributed by atoms with van der Waals surface area (Å²) in [4.78, 5) is 0. The predicted molar refractivity (Wildman–Crippen MR) is 69.3 cm³/mol. The Balaban J connectivity index is 2.53. The van der Waals surface area contributed by atoms with Crippen LogP contribution in [0, 0.1) is 0 Å². The van der Waals surface area contributed by atoms with Gasteiger partial charge in [0.15, 0.2) is 0 Å². The fourth-order valence-electron chi connectivity index (χ4n) is 1.81. The Morgan fingerprint density at radius 1 is 1.12 bits per heavy atom. The third-order valence-corrected chi connectivity index (χ3v) is 2.81. The maximum Gasteiger partial charge on any atom is 0.123 e. The first kappa shape index (κ1) is 12.0. The topological polar surface area (TPSA) is 29.5 Å². The average molecular weight is 249 g/mol. The van der Waals surface area contributed by atoms with Gasteiger partial charge >= 0.3 is 0 Å². The van der Waals surface area contributed by atoms with Gasteiger partial charge in [0.25, 0.3) is 0 Å². The molecule has 2 aromatic carbocycles. The first-order valence-corrected chi connectivity index (χ1v) is 5.66. The van der Waals surface area contributed by atoms with Crippen LogP contribution in [-0.2, 0) is 11.3 Å². The number of phenolic OH excluding ortho intramolecular Hbond substituents is 1. The van der Waals surface area contributed by atoms with Crippen LogP contribution < -0.4 is 0 Å². The van der Waals surface area contributed by atoms with Gasteiger partial charge in [-0.1, -0.05) is 35.9 Å². The van der Waals surface area contributed by atoms with Crippen molar-refractivity contribution < 1.29 is 9.84 Å². The number of aromatic hydroxyl groups is 1. The van der Waals surface area contributed by atoms with Crippen LogP contribution >= 0.6 is 11.6 Å². The van der Waals surface area contributed by atoms with Crippen LogP contribution in [0.1, 0.15) is 5.56 Å². The van der Waals surface area contributed by atoms with Crippen molar-refractivity contribution in [1.82, 2.24) is 0 Å². The molecule has 0 saturated carbocycles. The number of hydrogen-bond donors (Lipinski definition) is 1. The fraction of sp³-hybridized carbons (Fsp3) is 0.143. The molecule has 0 heterocycles. The van der Waals surface area contributed by atoms with Crippen molar-refractivity contribution in [2.45, 2.75) is 6.61 Å². The van der Waals surface area contributed by atoms with Crippen LogP contribution in [0.5, 0.6) is 5.75 Å². The molecular formula is C14H13ClO2. The summed E-state index contributed by atoms with van der Waals surface area (Å²) in [7, 11) is 1.63. The lowest BCUT2D eigenvalue weighted by molar-refractivity contribution is 0.185. The highest BCUT2D eigenvalue weighted by Gasteiger charge is 2.09. The molecule has 0 saturated heterocycles. The van der Waals surface area contributed by atoms with Crippen LogP contribution in [0.2, 0.25) is 5.02 Å². The van der Waals surface area contributed by atoms with Gasteiger partial charge in [-0.25, -0.2) is 0 Å². The third-order valence-electron chi connectivity index (χ3n) is 2.56. The summed E-state index contributed by atoms with van der Waals surface area (Å²) in [5.41, 5.74) is 2.68. The van der Waals surface area contributed by atoms with E-state index in [0.29, 0.717) is 11.6 Å². The number of ether oxygens (including phenoxy) is 1. The minimum atomic E-state index is 0.252. The zero-order valence-corrected chi connectivity index (χ0v) is 10.2. The smallest absolute Gasteiger partial charge is 0.123 e. The summed E-state index contributed by atoms with van der Waals surface area (Å²) >= 11 is 5.85. The second-order valence-corrected chi connectivity index (χ2v) is 4.19.